The molecule has 4 aromatic rings. The fraction of sp³-hybridized carbons (Fsp3) is 0.290. The lowest BCUT2D eigenvalue weighted by Crippen LogP contribution is -2.49. The van der Waals surface area contributed by atoms with Crippen LogP contribution < -0.4 is 15.5 Å². The highest BCUT2D eigenvalue weighted by Crippen LogP contribution is 2.39. The summed E-state index contributed by atoms with van der Waals surface area (Å²) in [5, 5.41) is 18.4. The Morgan fingerprint density at radius 1 is 1.13 bits per heavy atom. The lowest BCUT2D eigenvalue weighted by molar-refractivity contribution is -0.387. The predicted molar refractivity (Wildman–Crippen MR) is 173 cm³/mol. The van der Waals surface area contributed by atoms with Crippen LogP contribution in [-0.2, 0) is 20.9 Å². The van der Waals surface area contributed by atoms with E-state index in [1.807, 2.05) is 55.5 Å². The van der Waals surface area contributed by atoms with Gasteiger partial charge < -0.3 is 19.5 Å². The van der Waals surface area contributed by atoms with Gasteiger partial charge >= 0.3 is 6.09 Å². The van der Waals surface area contributed by atoms with Crippen LogP contribution >= 0.6 is 23.1 Å². The lowest BCUT2D eigenvalue weighted by Gasteiger charge is -2.22. The molecule has 0 bridgehead atoms. The van der Waals surface area contributed by atoms with Gasteiger partial charge in [0, 0.05) is 11.6 Å². The van der Waals surface area contributed by atoms with Gasteiger partial charge in [0.1, 0.15) is 17.4 Å². The van der Waals surface area contributed by atoms with Gasteiger partial charge in [-0.15, -0.1) is 11.3 Å². The quantitative estimate of drug-likeness (QED) is 0.0961. The Morgan fingerprint density at radius 3 is 2.62 bits per heavy atom. The van der Waals surface area contributed by atoms with Crippen molar-refractivity contribution >= 4 is 57.2 Å². The molecule has 2 N–H and O–H groups in total. The second-order valence-corrected chi connectivity index (χ2v) is 12.9. The van der Waals surface area contributed by atoms with E-state index in [0.29, 0.717) is 21.4 Å². The number of alkyl carbamates (subject to hydrolysis) is 1. The van der Waals surface area contributed by atoms with E-state index < -0.39 is 28.6 Å². The molecule has 0 radical (unpaired) electrons. The first-order valence-corrected chi connectivity index (χ1v) is 15.6. The van der Waals surface area contributed by atoms with E-state index in [1.165, 1.54) is 35.4 Å². The highest BCUT2D eigenvalue weighted by Gasteiger charge is 2.25. The first-order valence-electron chi connectivity index (χ1n) is 13.9. The summed E-state index contributed by atoms with van der Waals surface area (Å²) >= 11 is 2.60. The van der Waals surface area contributed by atoms with Crippen LogP contribution in [-0.4, -0.2) is 53.0 Å². The van der Waals surface area contributed by atoms with Crippen molar-refractivity contribution in [3.05, 3.63) is 88.0 Å². The molecule has 0 aliphatic carbocycles. The minimum Gasteiger partial charge on any atom is -0.494 e. The molecule has 0 saturated heterocycles. The van der Waals surface area contributed by atoms with Crippen molar-refractivity contribution in [2.24, 2.45) is 5.10 Å². The number of rotatable bonds is 13. The topological polar surface area (TPSA) is 154 Å². The second-order valence-electron chi connectivity index (χ2n) is 10.6. The number of nitrogens with one attached hydrogen (secondary N) is 2. The van der Waals surface area contributed by atoms with Crippen LogP contribution in [0.25, 0.3) is 10.2 Å². The minimum absolute atomic E-state index is 0.136. The summed E-state index contributed by atoms with van der Waals surface area (Å²) in [4.78, 5) is 41.7. The molecule has 3 aromatic carbocycles. The number of hydrogen-bond donors (Lipinski definition) is 2. The fourth-order valence-corrected chi connectivity index (χ4v) is 6.01. The molecular weight excluding hydrogens is 619 g/mol. The van der Waals surface area contributed by atoms with Gasteiger partial charge in [-0.2, -0.15) is 5.10 Å². The molecule has 14 heteroatoms. The number of carbonyl (C=O) groups excluding carboxylic acids is 2. The summed E-state index contributed by atoms with van der Waals surface area (Å²) in [7, 11) is 0. The van der Waals surface area contributed by atoms with Gasteiger partial charge in [0.25, 0.3) is 11.6 Å². The zero-order valence-corrected chi connectivity index (χ0v) is 26.8. The average molecular weight is 652 g/mol. The first-order chi connectivity index (χ1) is 21.5. The van der Waals surface area contributed by atoms with Crippen molar-refractivity contribution in [2.45, 2.75) is 55.2 Å². The van der Waals surface area contributed by atoms with E-state index in [9.17, 15) is 19.7 Å². The average Bonchev–Trinajstić information content (AvgIpc) is 3.38. The monoisotopic (exact) mass is 651 g/mol. The Kier molecular flexibility index (Phi) is 11.5. The molecule has 236 valence electrons. The molecule has 2 amide bonds. The maximum Gasteiger partial charge on any atom is 0.408 e. The summed E-state index contributed by atoms with van der Waals surface area (Å²) in [5.41, 5.74) is 3.52. The van der Waals surface area contributed by atoms with E-state index in [1.54, 1.807) is 32.9 Å². The third kappa shape index (κ3) is 10.3. The smallest absolute Gasteiger partial charge is 0.408 e. The van der Waals surface area contributed by atoms with Gasteiger partial charge in [-0.25, -0.2) is 15.2 Å². The molecule has 0 fully saturated rings. The van der Waals surface area contributed by atoms with Gasteiger partial charge in [0.2, 0.25) is 0 Å². The summed E-state index contributed by atoms with van der Waals surface area (Å²) in [6.45, 7) is 7.65. The third-order valence-corrected chi connectivity index (χ3v) is 7.96. The second kappa shape index (κ2) is 15.5. The van der Waals surface area contributed by atoms with Crippen LogP contribution in [0.2, 0.25) is 0 Å². The highest BCUT2D eigenvalue weighted by atomic mass is 32.2. The summed E-state index contributed by atoms with van der Waals surface area (Å²) in [6.07, 6.45) is 0.489. The molecular formula is C31H33N5O7S2. The number of amides is 2. The Morgan fingerprint density at radius 2 is 1.91 bits per heavy atom. The number of nitrogens with zero attached hydrogens (tertiary/aromatic N) is 3. The number of ether oxygens (including phenoxy) is 3. The van der Waals surface area contributed by atoms with Crippen molar-refractivity contribution < 1.29 is 28.7 Å². The number of hydrogen-bond acceptors (Lipinski definition) is 11. The van der Waals surface area contributed by atoms with Crippen LogP contribution in [0.4, 0.5) is 10.5 Å². The zero-order valence-electron chi connectivity index (χ0n) is 25.1. The van der Waals surface area contributed by atoms with E-state index in [2.05, 4.69) is 20.8 Å². The molecule has 1 heterocycles. The zero-order chi connectivity index (χ0) is 32.4. The van der Waals surface area contributed by atoms with Gasteiger partial charge in [-0.1, -0.05) is 48.2 Å². The Balaban J connectivity index is 1.42. The molecule has 0 spiro atoms. The number of carbonyl (C=O) groups is 2. The highest BCUT2D eigenvalue weighted by molar-refractivity contribution is 8.01. The van der Waals surface area contributed by atoms with Crippen LogP contribution in [0.1, 0.15) is 38.8 Å². The van der Waals surface area contributed by atoms with Crippen molar-refractivity contribution in [1.29, 1.82) is 0 Å². The molecule has 0 aliphatic heterocycles. The number of nitro groups is 1. The first kappa shape index (κ1) is 33.4. The third-order valence-electron chi connectivity index (χ3n) is 5.82. The SMILES string of the molecule is CCOc1ccc2nc(Sc3ccc(/C=N\NC(=O)[C@H](COCc4ccccc4)NC(=O)OC(C)(C)C)cc3[N+](=O)[O-])sc2c1. The molecule has 45 heavy (non-hydrogen) atoms. The van der Waals surface area contributed by atoms with Crippen LogP contribution in [0.3, 0.4) is 0 Å². The normalized spacial score (nSPS) is 12.2. The molecule has 0 aliphatic rings. The maximum atomic E-state index is 12.9. The standard InChI is InChI=1S/C31H33N5O7S2/c1-5-42-22-12-13-23-27(16-22)45-30(34-23)44-26-14-11-21(15-25(26)36(39)40)17-32-35-28(37)24(33-29(38)43-31(2,3)4)19-41-18-20-9-7-6-8-10-20/h6-17,24H,5,18-19H2,1-4H3,(H,33,38)(H,35,37)/b32-17-/t24-/m0/s1. The molecule has 0 unspecified atom stereocenters. The summed E-state index contributed by atoms with van der Waals surface area (Å²) in [5.74, 6) is 0.0775. The largest absolute Gasteiger partial charge is 0.494 e. The summed E-state index contributed by atoms with van der Waals surface area (Å²) < 4.78 is 18.1. The Labute approximate surface area is 268 Å². The number of fused-ring (bicyclic) bond motifs is 1. The number of benzene rings is 3. The van der Waals surface area contributed by atoms with E-state index in [-0.39, 0.29) is 18.9 Å². The molecule has 0 saturated carbocycles. The van der Waals surface area contributed by atoms with Crippen molar-refractivity contribution in [3.63, 3.8) is 0 Å². The van der Waals surface area contributed by atoms with Gasteiger partial charge in [-0.05, 0) is 57.5 Å². The van der Waals surface area contributed by atoms with E-state index >= 15 is 0 Å². The van der Waals surface area contributed by atoms with Crippen LogP contribution in [0, 0.1) is 10.1 Å². The molecule has 1 aromatic heterocycles. The van der Waals surface area contributed by atoms with Gasteiger partial charge in [-0.3, -0.25) is 14.9 Å². The molecule has 4 rings (SSSR count). The van der Waals surface area contributed by atoms with Gasteiger partial charge in [0.15, 0.2) is 4.34 Å². The number of aromatic nitrogens is 1. The van der Waals surface area contributed by atoms with E-state index in [4.69, 9.17) is 14.2 Å². The Bertz CT molecular complexity index is 1670. The fourth-order valence-electron chi connectivity index (χ4n) is 3.87. The Hall–Kier alpha value is -4.53. The van der Waals surface area contributed by atoms with Crippen LogP contribution in [0.15, 0.2) is 81.1 Å². The number of hydrazone groups is 1. The summed E-state index contributed by atoms with van der Waals surface area (Å²) in [6, 6.07) is 18.4. The molecule has 1 atom stereocenters. The van der Waals surface area contributed by atoms with Crippen LogP contribution in [0.5, 0.6) is 5.75 Å². The number of thiazole rings is 1. The van der Waals surface area contributed by atoms with Crippen molar-refractivity contribution in [3.8, 4) is 5.75 Å². The minimum atomic E-state index is -1.12. The number of nitro benzene ring substituents is 1. The maximum absolute atomic E-state index is 12.9. The predicted octanol–water partition coefficient (Wildman–Crippen LogP) is 6.31. The lowest BCUT2D eigenvalue weighted by atomic mass is 10.2. The van der Waals surface area contributed by atoms with Crippen molar-refractivity contribution in [2.75, 3.05) is 13.2 Å². The van der Waals surface area contributed by atoms with E-state index in [0.717, 1.165) is 21.5 Å². The van der Waals surface area contributed by atoms with Crippen molar-refractivity contribution in [1.82, 2.24) is 15.7 Å². The molecule has 12 nitrogen and oxygen atoms in total. The van der Waals surface area contributed by atoms with Gasteiger partial charge in [0.05, 0.1) is 46.1 Å².